The minimum atomic E-state index is -0.901. The molecule has 0 saturated heterocycles. The van der Waals surface area contributed by atoms with Gasteiger partial charge in [-0.3, -0.25) is 9.78 Å². The molecule has 0 aliphatic heterocycles. The molecule has 0 saturated carbocycles. The van der Waals surface area contributed by atoms with E-state index in [2.05, 4.69) is 10.3 Å². The average Bonchev–Trinajstić information content (AvgIpc) is 2.93. The SMILES string of the molecule is CNCc1c(-c2ccnc3cc(Cl)ccc23)c2cc(Cl)ccc2n1CC(=O)O. The topological polar surface area (TPSA) is 67.2 Å². The van der Waals surface area contributed by atoms with E-state index in [-0.39, 0.29) is 6.54 Å². The number of nitrogens with one attached hydrogen (secondary N) is 1. The van der Waals surface area contributed by atoms with E-state index in [0.29, 0.717) is 16.6 Å². The fourth-order valence-corrected chi connectivity index (χ4v) is 4.03. The second-order valence-electron chi connectivity index (χ2n) is 6.51. The molecule has 0 spiro atoms. The van der Waals surface area contributed by atoms with Crippen molar-refractivity contribution in [3.8, 4) is 11.1 Å². The predicted octanol–water partition coefficient (Wildman–Crippen LogP) is 4.97. The number of nitrogens with zero attached hydrogens (tertiary/aromatic N) is 2. The van der Waals surface area contributed by atoms with Crippen molar-refractivity contribution in [3.63, 3.8) is 0 Å². The summed E-state index contributed by atoms with van der Waals surface area (Å²) in [7, 11) is 1.84. The lowest BCUT2D eigenvalue weighted by Gasteiger charge is -2.12. The van der Waals surface area contributed by atoms with Crippen molar-refractivity contribution in [1.29, 1.82) is 0 Å². The lowest BCUT2D eigenvalue weighted by Crippen LogP contribution is -2.16. The summed E-state index contributed by atoms with van der Waals surface area (Å²) in [5.74, 6) is -0.901. The van der Waals surface area contributed by atoms with Gasteiger partial charge in [0.15, 0.2) is 0 Å². The average molecular weight is 414 g/mol. The maximum Gasteiger partial charge on any atom is 0.323 e. The number of rotatable bonds is 5. The number of hydrogen-bond donors (Lipinski definition) is 2. The fourth-order valence-electron chi connectivity index (χ4n) is 3.69. The number of carboxylic acids is 1. The number of hydrogen-bond acceptors (Lipinski definition) is 3. The second-order valence-corrected chi connectivity index (χ2v) is 7.39. The second kappa shape index (κ2) is 7.43. The summed E-state index contributed by atoms with van der Waals surface area (Å²) in [5.41, 5.74) is 4.39. The molecule has 0 radical (unpaired) electrons. The Bertz CT molecular complexity index is 1220. The van der Waals surface area contributed by atoms with E-state index >= 15 is 0 Å². The molecule has 0 aliphatic rings. The van der Waals surface area contributed by atoms with E-state index in [1.807, 2.05) is 48.0 Å². The van der Waals surface area contributed by atoms with Gasteiger partial charge >= 0.3 is 5.97 Å². The van der Waals surface area contributed by atoms with Gasteiger partial charge in [0.05, 0.1) is 5.52 Å². The van der Waals surface area contributed by atoms with Gasteiger partial charge < -0.3 is 15.0 Å². The largest absolute Gasteiger partial charge is 0.480 e. The molecule has 4 rings (SSSR count). The van der Waals surface area contributed by atoms with E-state index in [4.69, 9.17) is 23.2 Å². The van der Waals surface area contributed by atoms with Gasteiger partial charge in [0, 0.05) is 50.3 Å². The fraction of sp³-hybridized carbons (Fsp3) is 0.143. The van der Waals surface area contributed by atoms with Gasteiger partial charge in [-0.1, -0.05) is 29.3 Å². The Morgan fingerprint density at radius 1 is 1.11 bits per heavy atom. The molecular weight excluding hydrogens is 397 g/mol. The summed E-state index contributed by atoms with van der Waals surface area (Å²) in [6, 6.07) is 13.1. The van der Waals surface area contributed by atoms with E-state index in [0.717, 1.165) is 38.6 Å². The Balaban J connectivity index is 2.13. The molecule has 0 atom stereocenters. The van der Waals surface area contributed by atoms with Gasteiger partial charge in [-0.25, -0.2) is 0 Å². The first-order valence-corrected chi connectivity index (χ1v) is 9.47. The summed E-state index contributed by atoms with van der Waals surface area (Å²) in [5, 5.41) is 15.7. The highest BCUT2D eigenvalue weighted by atomic mass is 35.5. The minimum absolute atomic E-state index is 0.135. The van der Waals surface area contributed by atoms with Crippen molar-refractivity contribution in [3.05, 3.63) is 64.4 Å². The zero-order valence-electron chi connectivity index (χ0n) is 15.0. The standard InChI is InChI=1S/C21H17Cl2N3O2/c1-24-10-19-21(15-6-7-25-17-9-13(23)2-4-14(15)17)16-8-12(22)3-5-18(16)26(19)11-20(27)28/h2-9,24H,10-11H2,1H3,(H,27,28). The number of fused-ring (bicyclic) bond motifs is 2. The Morgan fingerprint density at radius 3 is 2.61 bits per heavy atom. The Hall–Kier alpha value is -2.60. The quantitative estimate of drug-likeness (QED) is 0.484. The van der Waals surface area contributed by atoms with Gasteiger partial charge in [-0.15, -0.1) is 0 Å². The van der Waals surface area contributed by atoms with Crippen molar-refractivity contribution in [2.24, 2.45) is 0 Å². The summed E-state index contributed by atoms with van der Waals surface area (Å²) in [4.78, 5) is 16.0. The van der Waals surface area contributed by atoms with Crippen LogP contribution >= 0.6 is 23.2 Å². The van der Waals surface area contributed by atoms with Crippen molar-refractivity contribution < 1.29 is 9.90 Å². The van der Waals surface area contributed by atoms with Crippen LogP contribution in [0, 0.1) is 0 Å². The van der Waals surface area contributed by atoms with Crippen molar-refractivity contribution >= 4 is 51.0 Å². The number of halogens is 2. The van der Waals surface area contributed by atoms with Crippen LogP contribution in [0.5, 0.6) is 0 Å². The van der Waals surface area contributed by atoms with Crippen LogP contribution in [0.2, 0.25) is 10.0 Å². The highest BCUT2D eigenvalue weighted by Gasteiger charge is 2.21. The van der Waals surface area contributed by atoms with E-state index in [1.165, 1.54) is 0 Å². The molecule has 0 amide bonds. The van der Waals surface area contributed by atoms with E-state index in [9.17, 15) is 9.90 Å². The lowest BCUT2D eigenvalue weighted by atomic mass is 9.98. The summed E-state index contributed by atoms with van der Waals surface area (Å²) in [6.45, 7) is 0.371. The maximum atomic E-state index is 11.5. The predicted molar refractivity (Wildman–Crippen MR) is 113 cm³/mol. The zero-order chi connectivity index (χ0) is 19.8. The number of pyridine rings is 1. The normalized spacial score (nSPS) is 11.4. The van der Waals surface area contributed by atoms with Crippen molar-refractivity contribution in [1.82, 2.24) is 14.9 Å². The molecule has 0 fully saturated rings. The third kappa shape index (κ3) is 3.22. The molecule has 0 unspecified atom stereocenters. The van der Waals surface area contributed by atoms with Crippen molar-refractivity contribution in [2.75, 3.05) is 7.05 Å². The molecule has 4 aromatic rings. The van der Waals surface area contributed by atoms with Crippen LogP contribution in [0.4, 0.5) is 0 Å². The van der Waals surface area contributed by atoms with Gasteiger partial charge in [0.1, 0.15) is 6.54 Å². The third-order valence-corrected chi connectivity index (χ3v) is 5.22. The number of aromatic nitrogens is 2. The summed E-state index contributed by atoms with van der Waals surface area (Å²) < 4.78 is 1.82. The van der Waals surface area contributed by atoms with Gasteiger partial charge in [-0.2, -0.15) is 0 Å². The summed E-state index contributed by atoms with van der Waals surface area (Å²) >= 11 is 12.4. The van der Waals surface area contributed by atoms with Gasteiger partial charge in [-0.05, 0) is 49.0 Å². The number of carboxylic acid groups (broad SMARTS) is 1. The highest BCUT2D eigenvalue weighted by Crippen LogP contribution is 2.39. The van der Waals surface area contributed by atoms with E-state index < -0.39 is 5.97 Å². The number of carbonyl (C=O) groups is 1. The summed E-state index contributed by atoms with van der Waals surface area (Å²) in [6.07, 6.45) is 1.74. The molecule has 2 heterocycles. The smallest absolute Gasteiger partial charge is 0.323 e. The van der Waals surface area contributed by atoms with Gasteiger partial charge in [0.25, 0.3) is 0 Å². The molecule has 2 aromatic heterocycles. The van der Waals surface area contributed by atoms with Crippen LogP contribution in [-0.4, -0.2) is 27.7 Å². The van der Waals surface area contributed by atoms with E-state index in [1.54, 1.807) is 12.3 Å². The molecule has 2 aromatic carbocycles. The Kier molecular flexibility index (Phi) is 4.98. The number of aliphatic carboxylic acids is 1. The van der Waals surface area contributed by atoms with Crippen LogP contribution in [0.1, 0.15) is 5.69 Å². The lowest BCUT2D eigenvalue weighted by molar-refractivity contribution is -0.137. The zero-order valence-corrected chi connectivity index (χ0v) is 16.6. The molecule has 5 nitrogen and oxygen atoms in total. The third-order valence-electron chi connectivity index (χ3n) is 4.74. The van der Waals surface area contributed by atoms with Crippen LogP contribution in [0.15, 0.2) is 48.7 Å². The molecule has 2 N–H and O–H groups in total. The van der Waals surface area contributed by atoms with Crippen molar-refractivity contribution in [2.45, 2.75) is 13.1 Å². The number of benzene rings is 2. The molecule has 0 bridgehead atoms. The Labute approximate surface area is 171 Å². The molecular formula is C21H17Cl2N3O2. The van der Waals surface area contributed by atoms with Crippen LogP contribution in [-0.2, 0) is 17.9 Å². The first-order chi connectivity index (χ1) is 13.5. The molecule has 0 aliphatic carbocycles. The molecule has 28 heavy (non-hydrogen) atoms. The first kappa shape index (κ1) is 18.7. The molecule has 7 heteroatoms. The maximum absolute atomic E-state index is 11.5. The van der Waals surface area contributed by atoms with Crippen LogP contribution < -0.4 is 5.32 Å². The minimum Gasteiger partial charge on any atom is -0.480 e. The monoisotopic (exact) mass is 413 g/mol. The first-order valence-electron chi connectivity index (χ1n) is 8.71. The highest BCUT2D eigenvalue weighted by molar-refractivity contribution is 6.32. The molecule has 142 valence electrons. The van der Waals surface area contributed by atoms with Crippen LogP contribution in [0.3, 0.4) is 0 Å². The van der Waals surface area contributed by atoms with Gasteiger partial charge in [0.2, 0.25) is 0 Å². The Morgan fingerprint density at radius 2 is 1.86 bits per heavy atom. The van der Waals surface area contributed by atoms with Crippen LogP contribution in [0.25, 0.3) is 32.9 Å².